The molecule has 0 amide bonds. The molecule has 1 saturated heterocycles. The molecule has 1 aliphatic rings. The van der Waals surface area contributed by atoms with Crippen molar-refractivity contribution in [1.82, 2.24) is 25.5 Å². The first-order valence-electron chi connectivity index (χ1n) is 6.46. The Balaban J connectivity index is 1.72. The van der Waals surface area contributed by atoms with Crippen LogP contribution in [-0.2, 0) is 22.6 Å². The van der Waals surface area contributed by atoms with Gasteiger partial charge in [0.05, 0.1) is 19.3 Å². The maximum absolute atomic E-state index is 5.59. The van der Waals surface area contributed by atoms with E-state index in [0.717, 1.165) is 38.4 Å². The topological polar surface area (TPSA) is 74.1 Å². The third-order valence-corrected chi connectivity index (χ3v) is 3.06. The van der Waals surface area contributed by atoms with Gasteiger partial charge in [-0.1, -0.05) is 0 Å². The minimum atomic E-state index is 0.378. The Kier molecular flexibility index (Phi) is 5.50. The fourth-order valence-corrected chi connectivity index (χ4v) is 2.04. The Morgan fingerprint density at radius 3 is 3.28 bits per heavy atom. The van der Waals surface area contributed by atoms with Crippen molar-refractivity contribution < 1.29 is 9.47 Å². The molecule has 2 heterocycles. The van der Waals surface area contributed by atoms with Gasteiger partial charge in [0.1, 0.15) is 0 Å². The highest BCUT2D eigenvalue weighted by Gasteiger charge is 2.16. The van der Waals surface area contributed by atoms with Gasteiger partial charge in [-0.15, -0.1) is 5.10 Å². The van der Waals surface area contributed by atoms with Crippen molar-refractivity contribution in [3.05, 3.63) is 5.82 Å². The Morgan fingerprint density at radius 1 is 1.56 bits per heavy atom. The SMILES string of the molecule is COCCNCc1nnnn1CCC1CCCO1. The minimum Gasteiger partial charge on any atom is -0.383 e. The Morgan fingerprint density at radius 2 is 2.50 bits per heavy atom. The van der Waals surface area contributed by atoms with Gasteiger partial charge in [-0.2, -0.15) is 0 Å². The molecule has 1 unspecified atom stereocenters. The number of nitrogens with one attached hydrogen (secondary N) is 1. The highest BCUT2D eigenvalue weighted by atomic mass is 16.5. The summed E-state index contributed by atoms with van der Waals surface area (Å²) >= 11 is 0. The zero-order chi connectivity index (χ0) is 12.6. The van der Waals surface area contributed by atoms with Gasteiger partial charge in [0, 0.05) is 26.8 Å². The molecule has 0 saturated carbocycles. The molecule has 0 spiro atoms. The molecule has 18 heavy (non-hydrogen) atoms. The van der Waals surface area contributed by atoms with E-state index in [-0.39, 0.29) is 0 Å². The molecular formula is C11H21N5O2. The first-order chi connectivity index (χ1) is 8.90. The zero-order valence-electron chi connectivity index (χ0n) is 10.8. The van der Waals surface area contributed by atoms with Crippen LogP contribution in [0.4, 0.5) is 0 Å². The summed E-state index contributed by atoms with van der Waals surface area (Å²) in [4.78, 5) is 0. The Labute approximate surface area is 107 Å². The van der Waals surface area contributed by atoms with Gasteiger partial charge >= 0.3 is 0 Å². The van der Waals surface area contributed by atoms with Crippen molar-refractivity contribution in [1.29, 1.82) is 0 Å². The van der Waals surface area contributed by atoms with Crippen molar-refractivity contribution in [3.63, 3.8) is 0 Å². The number of hydrogen-bond donors (Lipinski definition) is 1. The molecule has 102 valence electrons. The lowest BCUT2D eigenvalue weighted by Crippen LogP contribution is -2.22. The second kappa shape index (κ2) is 7.40. The highest BCUT2D eigenvalue weighted by molar-refractivity contribution is 4.80. The molecule has 1 atom stereocenters. The van der Waals surface area contributed by atoms with Crippen molar-refractivity contribution in [2.75, 3.05) is 26.9 Å². The average molecular weight is 255 g/mol. The fraction of sp³-hybridized carbons (Fsp3) is 0.909. The number of nitrogens with zero attached hydrogens (tertiary/aromatic N) is 4. The van der Waals surface area contributed by atoms with Crippen LogP contribution in [0.2, 0.25) is 0 Å². The molecule has 7 nitrogen and oxygen atoms in total. The van der Waals surface area contributed by atoms with E-state index in [4.69, 9.17) is 9.47 Å². The minimum absolute atomic E-state index is 0.378. The summed E-state index contributed by atoms with van der Waals surface area (Å²) in [5.41, 5.74) is 0. The second-order valence-electron chi connectivity index (χ2n) is 4.41. The number of tetrazole rings is 1. The second-order valence-corrected chi connectivity index (χ2v) is 4.41. The van der Waals surface area contributed by atoms with Crippen LogP contribution < -0.4 is 5.32 Å². The lowest BCUT2D eigenvalue weighted by Gasteiger charge is -2.10. The van der Waals surface area contributed by atoms with E-state index < -0.39 is 0 Å². The molecule has 1 fully saturated rings. The number of rotatable bonds is 8. The van der Waals surface area contributed by atoms with E-state index in [0.29, 0.717) is 19.3 Å². The van der Waals surface area contributed by atoms with Crippen LogP contribution in [0, 0.1) is 0 Å². The maximum atomic E-state index is 5.59. The number of aryl methyl sites for hydroxylation is 1. The van der Waals surface area contributed by atoms with E-state index >= 15 is 0 Å². The number of aromatic nitrogens is 4. The van der Waals surface area contributed by atoms with Gasteiger partial charge < -0.3 is 14.8 Å². The van der Waals surface area contributed by atoms with Gasteiger partial charge in [0.25, 0.3) is 0 Å². The molecule has 7 heteroatoms. The van der Waals surface area contributed by atoms with Gasteiger partial charge in [-0.05, 0) is 29.7 Å². The quantitative estimate of drug-likeness (QED) is 0.658. The Hall–Kier alpha value is -1.05. The van der Waals surface area contributed by atoms with Gasteiger partial charge in [-0.3, -0.25) is 0 Å². The predicted molar refractivity (Wildman–Crippen MR) is 65.0 cm³/mol. The number of ether oxygens (including phenoxy) is 2. The monoisotopic (exact) mass is 255 g/mol. The van der Waals surface area contributed by atoms with E-state index in [1.807, 2.05) is 4.68 Å². The van der Waals surface area contributed by atoms with E-state index in [1.54, 1.807) is 7.11 Å². The molecular weight excluding hydrogens is 234 g/mol. The number of methoxy groups -OCH3 is 1. The molecule has 1 N–H and O–H groups in total. The first kappa shape index (κ1) is 13.4. The van der Waals surface area contributed by atoms with Gasteiger partial charge in [0.15, 0.2) is 5.82 Å². The number of hydrogen-bond acceptors (Lipinski definition) is 6. The molecule has 1 aromatic heterocycles. The van der Waals surface area contributed by atoms with E-state index in [1.165, 1.54) is 6.42 Å². The predicted octanol–water partition coefficient (Wildman–Crippen LogP) is -0.0218. The van der Waals surface area contributed by atoms with Crippen LogP contribution in [0.25, 0.3) is 0 Å². The summed E-state index contributed by atoms with van der Waals surface area (Å²) < 4.78 is 12.4. The Bertz CT molecular complexity index is 338. The molecule has 1 aliphatic heterocycles. The van der Waals surface area contributed by atoms with Crippen molar-refractivity contribution in [3.8, 4) is 0 Å². The molecule has 0 bridgehead atoms. The van der Waals surface area contributed by atoms with Crippen molar-refractivity contribution >= 4 is 0 Å². The largest absolute Gasteiger partial charge is 0.383 e. The van der Waals surface area contributed by atoms with Gasteiger partial charge in [0.2, 0.25) is 0 Å². The fourth-order valence-electron chi connectivity index (χ4n) is 2.04. The third-order valence-electron chi connectivity index (χ3n) is 3.06. The molecule has 2 rings (SSSR count). The third kappa shape index (κ3) is 4.01. The van der Waals surface area contributed by atoms with Crippen LogP contribution in [-0.4, -0.2) is 53.2 Å². The first-order valence-corrected chi connectivity index (χ1v) is 6.46. The van der Waals surface area contributed by atoms with Crippen LogP contribution in [0.5, 0.6) is 0 Å². The van der Waals surface area contributed by atoms with Crippen LogP contribution in [0.1, 0.15) is 25.1 Å². The molecule has 0 aromatic carbocycles. The van der Waals surface area contributed by atoms with E-state index in [2.05, 4.69) is 20.8 Å². The van der Waals surface area contributed by atoms with Crippen LogP contribution in [0.15, 0.2) is 0 Å². The summed E-state index contributed by atoms with van der Waals surface area (Å²) in [6.07, 6.45) is 3.69. The molecule has 0 radical (unpaired) electrons. The van der Waals surface area contributed by atoms with Crippen molar-refractivity contribution in [2.24, 2.45) is 0 Å². The highest BCUT2D eigenvalue weighted by Crippen LogP contribution is 2.15. The smallest absolute Gasteiger partial charge is 0.165 e. The molecule has 1 aromatic rings. The summed E-state index contributed by atoms with van der Waals surface area (Å²) in [5.74, 6) is 0.865. The van der Waals surface area contributed by atoms with E-state index in [9.17, 15) is 0 Å². The average Bonchev–Trinajstić information content (AvgIpc) is 3.03. The standard InChI is InChI=1S/C11H21N5O2/c1-17-8-5-12-9-11-13-14-15-16(11)6-4-10-3-2-7-18-10/h10,12H,2-9H2,1H3. The van der Waals surface area contributed by atoms with Gasteiger partial charge in [-0.25, -0.2) is 4.68 Å². The summed E-state index contributed by atoms with van der Waals surface area (Å²) in [7, 11) is 1.69. The summed E-state index contributed by atoms with van der Waals surface area (Å²) in [6, 6.07) is 0. The summed E-state index contributed by atoms with van der Waals surface area (Å²) in [5, 5.41) is 15.0. The molecule has 0 aliphatic carbocycles. The lowest BCUT2D eigenvalue weighted by atomic mass is 10.2. The summed E-state index contributed by atoms with van der Waals surface area (Å²) in [6.45, 7) is 3.87. The lowest BCUT2D eigenvalue weighted by molar-refractivity contribution is 0.0990. The normalized spacial score (nSPS) is 19.5. The van der Waals surface area contributed by atoms with Crippen molar-refractivity contribution in [2.45, 2.75) is 38.5 Å². The van der Waals surface area contributed by atoms with Crippen LogP contribution >= 0.6 is 0 Å². The maximum Gasteiger partial charge on any atom is 0.165 e. The van der Waals surface area contributed by atoms with Crippen LogP contribution in [0.3, 0.4) is 0 Å². The zero-order valence-corrected chi connectivity index (χ0v) is 10.8.